The predicted molar refractivity (Wildman–Crippen MR) is 97.6 cm³/mol. The predicted octanol–water partition coefficient (Wildman–Crippen LogP) is 3.61. The number of nitrogens with zero attached hydrogens (tertiary/aromatic N) is 2. The number of aromatic nitrogens is 2. The highest BCUT2D eigenvalue weighted by Gasteiger charge is 2.16. The van der Waals surface area contributed by atoms with E-state index in [0.29, 0.717) is 28.8 Å². The van der Waals surface area contributed by atoms with Gasteiger partial charge in [-0.1, -0.05) is 54.2 Å². The molecular weight excluding hydrogens is 334 g/mol. The summed E-state index contributed by atoms with van der Waals surface area (Å²) in [6, 6.07) is 19.0. The molecule has 0 atom stereocenters. The average molecular weight is 349 g/mol. The zero-order valence-electron chi connectivity index (χ0n) is 13.5. The van der Waals surface area contributed by atoms with Crippen molar-refractivity contribution in [3.05, 3.63) is 76.1 Å². The van der Waals surface area contributed by atoms with Crippen LogP contribution in [0.4, 0.5) is 0 Å². The quantitative estimate of drug-likeness (QED) is 0.562. The number of thioether (sulfide) groups is 1. The van der Waals surface area contributed by atoms with Crippen LogP contribution in [0.25, 0.3) is 11.3 Å². The molecule has 1 N–H and O–H groups in total. The monoisotopic (exact) mass is 349 g/mol. The van der Waals surface area contributed by atoms with Crippen LogP contribution < -0.4 is 10.3 Å². The van der Waals surface area contributed by atoms with Gasteiger partial charge in [0.15, 0.2) is 5.16 Å². The van der Waals surface area contributed by atoms with Gasteiger partial charge in [-0.25, -0.2) is 4.98 Å². The maximum Gasteiger partial charge on any atom is 0.270 e. The van der Waals surface area contributed by atoms with Gasteiger partial charge in [0, 0.05) is 5.56 Å². The van der Waals surface area contributed by atoms with Crippen LogP contribution >= 0.6 is 11.8 Å². The van der Waals surface area contributed by atoms with E-state index in [1.165, 1.54) is 11.8 Å². The summed E-state index contributed by atoms with van der Waals surface area (Å²) < 4.78 is 5.92. The number of nitrogens with one attached hydrogen (secondary N) is 1. The summed E-state index contributed by atoms with van der Waals surface area (Å²) in [6.45, 7) is 0.387. The zero-order chi connectivity index (χ0) is 17.6. The van der Waals surface area contributed by atoms with E-state index in [2.05, 4.69) is 9.97 Å². The van der Waals surface area contributed by atoms with Gasteiger partial charge in [0.1, 0.15) is 29.7 Å². The lowest BCUT2D eigenvalue weighted by Gasteiger charge is -2.12. The second kappa shape index (κ2) is 7.69. The van der Waals surface area contributed by atoms with E-state index in [0.717, 1.165) is 5.56 Å². The number of nitriles is 1. The second-order valence-electron chi connectivity index (χ2n) is 5.18. The molecule has 0 saturated carbocycles. The number of hydrogen-bond donors (Lipinski definition) is 1. The third-order valence-corrected chi connectivity index (χ3v) is 4.16. The number of aromatic amines is 1. The van der Waals surface area contributed by atoms with Crippen LogP contribution in [0.2, 0.25) is 0 Å². The first kappa shape index (κ1) is 16.8. The summed E-state index contributed by atoms with van der Waals surface area (Å²) in [5.41, 5.74) is 1.51. The van der Waals surface area contributed by atoms with Crippen LogP contribution in [0, 0.1) is 11.3 Å². The number of hydrogen-bond acceptors (Lipinski definition) is 5. The number of H-pyrrole nitrogens is 1. The van der Waals surface area contributed by atoms with Crippen molar-refractivity contribution in [2.24, 2.45) is 0 Å². The Kier molecular flexibility index (Phi) is 5.17. The fourth-order valence-electron chi connectivity index (χ4n) is 2.37. The molecule has 0 amide bonds. The van der Waals surface area contributed by atoms with Crippen molar-refractivity contribution in [3.8, 4) is 23.1 Å². The first-order valence-electron chi connectivity index (χ1n) is 7.57. The van der Waals surface area contributed by atoms with E-state index in [1.807, 2.05) is 54.8 Å². The van der Waals surface area contributed by atoms with Gasteiger partial charge in [0.05, 0.1) is 0 Å². The third-order valence-electron chi connectivity index (χ3n) is 3.58. The van der Waals surface area contributed by atoms with Crippen LogP contribution in [-0.4, -0.2) is 16.2 Å². The number of para-hydroxylation sites is 1. The van der Waals surface area contributed by atoms with E-state index in [9.17, 15) is 10.1 Å². The van der Waals surface area contributed by atoms with Gasteiger partial charge < -0.3 is 9.72 Å². The average Bonchev–Trinajstić information content (AvgIpc) is 2.66. The summed E-state index contributed by atoms with van der Waals surface area (Å²) in [5.74, 6) is 0.577. The molecule has 3 rings (SSSR count). The lowest BCUT2D eigenvalue weighted by atomic mass is 10.1. The third kappa shape index (κ3) is 3.73. The Morgan fingerprint density at radius 3 is 2.60 bits per heavy atom. The number of ether oxygens (including phenoxy) is 1. The van der Waals surface area contributed by atoms with Gasteiger partial charge >= 0.3 is 0 Å². The molecule has 0 saturated heterocycles. The summed E-state index contributed by atoms with van der Waals surface area (Å²) in [5, 5.41) is 9.82. The molecule has 0 radical (unpaired) electrons. The molecule has 6 heteroatoms. The molecule has 0 unspecified atom stereocenters. The summed E-state index contributed by atoms with van der Waals surface area (Å²) >= 11 is 1.31. The Labute approximate surface area is 149 Å². The van der Waals surface area contributed by atoms with Crippen LogP contribution in [0.1, 0.15) is 11.1 Å². The maximum atomic E-state index is 12.1. The van der Waals surface area contributed by atoms with Crippen LogP contribution in [0.15, 0.2) is 64.5 Å². The normalized spacial score (nSPS) is 10.2. The van der Waals surface area contributed by atoms with Crippen molar-refractivity contribution < 1.29 is 4.74 Å². The van der Waals surface area contributed by atoms with E-state index in [-0.39, 0.29) is 5.56 Å². The number of rotatable bonds is 5. The fourth-order valence-corrected chi connectivity index (χ4v) is 2.75. The van der Waals surface area contributed by atoms with Gasteiger partial charge in [-0.15, -0.1) is 0 Å². The topological polar surface area (TPSA) is 78.8 Å². The Morgan fingerprint density at radius 2 is 1.88 bits per heavy atom. The lowest BCUT2D eigenvalue weighted by molar-refractivity contribution is 0.307. The zero-order valence-corrected chi connectivity index (χ0v) is 14.3. The van der Waals surface area contributed by atoms with E-state index in [4.69, 9.17) is 4.74 Å². The molecule has 5 nitrogen and oxygen atoms in total. The van der Waals surface area contributed by atoms with Crippen molar-refractivity contribution in [3.63, 3.8) is 0 Å². The van der Waals surface area contributed by atoms with Crippen molar-refractivity contribution in [2.45, 2.75) is 11.8 Å². The SMILES string of the molecule is CSc1nc(-c2ccccc2OCc2ccccc2)c(C#N)c(=O)[nH]1. The lowest BCUT2D eigenvalue weighted by Crippen LogP contribution is -2.15. The Morgan fingerprint density at radius 1 is 1.16 bits per heavy atom. The molecule has 0 fully saturated rings. The smallest absolute Gasteiger partial charge is 0.270 e. The molecule has 124 valence electrons. The summed E-state index contributed by atoms with van der Waals surface area (Å²) in [6.07, 6.45) is 1.81. The van der Waals surface area contributed by atoms with E-state index >= 15 is 0 Å². The Bertz CT molecular complexity index is 978. The summed E-state index contributed by atoms with van der Waals surface area (Å²) in [4.78, 5) is 19.2. The van der Waals surface area contributed by atoms with Crippen LogP contribution in [0.3, 0.4) is 0 Å². The van der Waals surface area contributed by atoms with Gasteiger partial charge in [-0.2, -0.15) is 5.26 Å². The minimum atomic E-state index is -0.449. The van der Waals surface area contributed by atoms with E-state index in [1.54, 1.807) is 12.1 Å². The molecule has 1 aromatic heterocycles. The molecule has 1 heterocycles. The van der Waals surface area contributed by atoms with Gasteiger partial charge in [0.25, 0.3) is 5.56 Å². The van der Waals surface area contributed by atoms with Gasteiger partial charge in [-0.3, -0.25) is 4.79 Å². The Balaban J connectivity index is 2.03. The Hall–Kier alpha value is -3.04. The van der Waals surface area contributed by atoms with E-state index < -0.39 is 5.56 Å². The molecule has 2 aromatic carbocycles. The molecule has 0 aliphatic rings. The highest BCUT2D eigenvalue weighted by atomic mass is 32.2. The molecule has 0 spiro atoms. The van der Waals surface area contributed by atoms with Gasteiger partial charge in [-0.05, 0) is 24.0 Å². The minimum absolute atomic E-state index is 0.0199. The summed E-state index contributed by atoms with van der Waals surface area (Å²) in [7, 11) is 0. The maximum absolute atomic E-state index is 12.1. The van der Waals surface area contributed by atoms with Crippen molar-refractivity contribution in [1.82, 2.24) is 9.97 Å². The molecule has 3 aromatic rings. The van der Waals surface area contributed by atoms with Crippen molar-refractivity contribution in [1.29, 1.82) is 5.26 Å². The first-order chi connectivity index (χ1) is 12.2. The van der Waals surface area contributed by atoms with Crippen LogP contribution in [-0.2, 0) is 6.61 Å². The molecule has 25 heavy (non-hydrogen) atoms. The molecular formula is C19H15N3O2S. The minimum Gasteiger partial charge on any atom is -0.488 e. The van der Waals surface area contributed by atoms with Crippen LogP contribution in [0.5, 0.6) is 5.75 Å². The largest absolute Gasteiger partial charge is 0.488 e. The highest BCUT2D eigenvalue weighted by molar-refractivity contribution is 7.98. The van der Waals surface area contributed by atoms with Crippen molar-refractivity contribution >= 4 is 11.8 Å². The number of benzene rings is 2. The molecule has 0 aliphatic heterocycles. The molecule has 0 bridgehead atoms. The van der Waals surface area contributed by atoms with Gasteiger partial charge in [0.2, 0.25) is 0 Å². The second-order valence-corrected chi connectivity index (χ2v) is 5.98. The standard InChI is InChI=1S/C19H15N3O2S/c1-25-19-21-17(15(11-20)18(23)22-19)14-9-5-6-10-16(14)24-12-13-7-3-2-4-8-13/h2-10H,12H2,1H3,(H,21,22,23). The fraction of sp³-hybridized carbons (Fsp3) is 0.105. The molecule has 0 aliphatic carbocycles. The highest BCUT2D eigenvalue weighted by Crippen LogP contribution is 2.31. The first-order valence-corrected chi connectivity index (χ1v) is 8.80. The van der Waals surface area contributed by atoms with Crippen molar-refractivity contribution in [2.75, 3.05) is 6.26 Å².